The molecule has 0 spiro atoms. The lowest BCUT2D eigenvalue weighted by Crippen LogP contribution is -2.35. The Kier molecular flexibility index (Phi) is 7.04. The fraction of sp³-hybridized carbons (Fsp3) is 0.267. The van der Waals surface area contributed by atoms with E-state index in [1.807, 2.05) is 30.3 Å². The molecule has 0 bridgehead atoms. The number of carbonyl (C=O) groups excluding carboxylic acids is 1. The summed E-state index contributed by atoms with van der Waals surface area (Å²) in [4.78, 5) is 12.2. The first-order valence-electron chi connectivity index (χ1n) is 6.72. The van der Waals surface area contributed by atoms with Crippen LogP contribution in [0.2, 0.25) is 0 Å². The van der Waals surface area contributed by atoms with Gasteiger partial charge in [-0.15, -0.1) is 11.3 Å². The molecule has 8 heteroatoms. The number of hydrogen-bond acceptors (Lipinski definition) is 5. The van der Waals surface area contributed by atoms with Gasteiger partial charge in [0.25, 0.3) is 0 Å². The molecule has 1 aromatic heterocycles. The second-order valence-corrected chi connectivity index (χ2v) is 7.98. The number of thiophene rings is 1. The van der Waals surface area contributed by atoms with Gasteiger partial charge in [-0.2, -0.15) is 0 Å². The van der Waals surface area contributed by atoms with Gasteiger partial charge in [0.05, 0.1) is 3.79 Å². The zero-order valence-electron chi connectivity index (χ0n) is 11.9. The van der Waals surface area contributed by atoms with Gasteiger partial charge in [-0.25, -0.2) is 4.79 Å². The lowest BCUT2D eigenvalue weighted by Gasteiger charge is -2.17. The van der Waals surface area contributed by atoms with Gasteiger partial charge in [-0.3, -0.25) is 0 Å². The number of carbonyl (C=O) groups is 1. The van der Waals surface area contributed by atoms with Crippen molar-refractivity contribution >= 4 is 49.3 Å². The first-order valence-corrected chi connectivity index (χ1v) is 9.13. The van der Waals surface area contributed by atoms with Crippen molar-refractivity contribution in [1.29, 1.82) is 0 Å². The smallest absolute Gasteiger partial charge is 0.407 e. The molecule has 0 saturated heterocycles. The Morgan fingerprint density at radius 3 is 2.57 bits per heavy atom. The summed E-state index contributed by atoms with van der Waals surface area (Å²) in [7, 11) is 0. The van der Waals surface area contributed by atoms with Gasteiger partial charge in [0.1, 0.15) is 18.8 Å². The van der Waals surface area contributed by atoms with Crippen LogP contribution in [0.5, 0.6) is 0 Å². The highest BCUT2D eigenvalue weighted by atomic mass is 79.9. The average Bonchev–Trinajstić information content (AvgIpc) is 2.90. The fourth-order valence-electron chi connectivity index (χ4n) is 1.77. The molecule has 0 radical (unpaired) electrons. The van der Waals surface area contributed by atoms with Gasteiger partial charge in [0, 0.05) is 15.9 Å². The quantitative estimate of drug-likeness (QED) is 0.610. The molecule has 0 aliphatic rings. The lowest BCUT2D eigenvalue weighted by molar-refractivity contribution is 0.0205. The number of amides is 1. The third kappa shape index (κ3) is 5.58. The van der Waals surface area contributed by atoms with E-state index in [-0.39, 0.29) is 13.2 Å². The third-order valence-corrected chi connectivity index (χ3v) is 6.32. The maximum absolute atomic E-state index is 11.6. The predicted molar refractivity (Wildman–Crippen MR) is 95.3 cm³/mol. The van der Waals surface area contributed by atoms with Crippen LogP contribution in [0.25, 0.3) is 0 Å². The highest BCUT2D eigenvalue weighted by molar-refractivity contribution is 9.13. The summed E-state index contributed by atoms with van der Waals surface area (Å²) in [5, 5.41) is 22.5. The summed E-state index contributed by atoms with van der Waals surface area (Å²) in [5.74, 6) is 0. The standard InChI is InChI=1S/C15H15Br2NO4S/c16-10-6-12(23-14(10)17)13(20)11(19)7-18-15(21)22-8-9-4-2-1-3-5-9/h1-6,11,13,19-20H,7-8H2,(H,18,21). The number of alkyl carbamates (subject to hydrolysis) is 1. The highest BCUT2D eigenvalue weighted by Crippen LogP contribution is 2.36. The Morgan fingerprint density at radius 1 is 1.26 bits per heavy atom. The van der Waals surface area contributed by atoms with E-state index in [1.54, 1.807) is 6.07 Å². The Hall–Kier alpha value is -0.930. The molecular formula is C15H15Br2NO4S. The second-order valence-electron chi connectivity index (χ2n) is 4.73. The SMILES string of the molecule is O=C(NCC(O)C(O)c1cc(Br)c(Br)s1)OCc1ccccc1. The van der Waals surface area contributed by atoms with Crippen molar-refractivity contribution in [1.82, 2.24) is 5.32 Å². The number of benzene rings is 1. The van der Waals surface area contributed by atoms with Gasteiger partial charge in [-0.1, -0.05) is 30.3 Å². The average molecular weight is 465 g/mol. The summed E-state index contributed by atoms with van der Waals surface area (Å²) in [5.41, 5.74) is 0.872. The Labute approximate surface area is 154 Å². The van der Waals surface area contributed by atoms with E-state index in [0.717, 1.165) is 13.8 Å². The van der Waals surface area contributed by atoms with Crippen molar-refractivity contribution < 1.29 is 19.7 Å². The van der Waals surface area contributed by atoms with Crippen molar-refractivity contribution in [3.8, 4) is 0 Å². The normalized spacial score (nSPS) is 13.4. The highest BCUT2D eigenvalue weighted by Gasteiger charge is 2.22. The van der Waals surface area contributed by atoms with Gasteiger partial charge in [0.2, 0.25) is 0 Å². The van der Waals surface area contributed by atoms with E-state index in [1.165, 1.54) is 11.3 Å². The molecule has 1 heterocycles. The maximum Gasteiger partial charge on any atom is 0.407 e. The summed E-state index contributed by atoms with van der Waals surface area (Å²) < 4.78 is 6.66. The molecule has 1 amide bonds. The summed E-state index contributed by atoms with van der Waals surface area (Å²) >= 11 is 7.96. The Bertz CT molecular complexity index is 631. The van der Waals surface area contributed by atoms with Crippen LogP contribution < -0.4 is 5.32 Å². The third-order valence-electron chi connectivity index (χ3n) is 2.99. The molecule has 0 fully saturated rings. The molecule has 0 aliphatic carbocycles. The molecule has 2 atom stereocenters. The van der Waals surface area contributed by atoms with Crippen LogP contribution in [0.3, 0.4) is 0 Å². The van der Waals surface area contributed by atoms with Crippen molar-refractivity contribution in [3.05, 3.63) is 55.1 Å². The first kappa shape index (κ1) is 18.4. The van der Waals surface area contributed by atoms with Crippen LogP contribution in [-0.4, -0.2) is 29.0 Å². The van der Waals surface area contributed by atoms with Gasteiger partial charge >= 0.3 is 6.09 Å². The van der Waals surface area contributed by atoms with E-state index < -0.39 is 18.3 Å². The van der Waals surface area contributed by atoms with Crippen LogP contribution in [0.1, 0.15) is 16.5 Å². The van der Waals surface area contributed by atoms with Crippen molar-refractivity contribution in [2.75, 3.05) is 6.54 Å². The molecule has 2 aromatic rings. The van der Waals surface area contributed by atoms with Crippen molar-refractivity contribution in [2.24, 2.45) is 0 Å². The van der Waals surface area contributed by atoms with E-state index in [2.05, 4.69) is 37.2 Å². The Balaban J connectivity index is 1.77. The van der Waals surface area contributed by atoms with Gasteiger partial charge in [-0.05, 0) is 43.5 Å². The monoisotopic (exact) mass is 463 g/mol. The van der Waals surface area contributed by atoms with E-state index in [0.29, 0.717) is 4.88 Å². The van der Waals surface area contributed by atoms with Crippen LogP contribution in [0.4, 0.5) is 4.79 Å². The zero-order chi connectivity index (χ0) is 16.8. The summed E-state index contributed by atoms with van der Waals surface area (Å²) in [6.07, 6.45) is -2.86. The van der Waals surface area contributed by atoms with Crippen molar-refractivity contribution in [2.45, 2.75) is 18.8 Å². The van der Waals surface area contributed by atoms with Crippen LogP contribution in [-0.2, 0) is 11.3 Å². The number of aliphatic hydroxyl groups excluding tert-OH is 2. The molecule has 5 nitrogen and oxygen atoms in total. The first-order chi connectivity index (χ1) is 11.0. The molecule has 23 heavy (non-hydrogen) atoms. The fourth-order valence-corrected chi connectivity index (χ4v) is 3.91. The number of aliphatic hydroxyl groups is 2. The minimum Gasteiger partial charge on any atom is -0.445 e. The summed E-state index contributed by atoms with van der Waals surface area (Å²) in [6.45, 7) is 0.0398. The molecule has 1 aromatic carbocycles. The minimum absolute atomic E-state index is 0.109. The molecule has 2 unspecified atom stereocenters. The lowest BCUT2D eigenvalue weighted by atomic mass is 10.2. The molecule has 0 aliphatic heterocycles. The minimum atomic E-state index is -1.13. The largest absolute Gasteiger partial charge is 0.445 e. The maximum atomic E-state index is 11.6. The van der Waals surface area contributed by atoms with Gasteiger partial charge < -0.3 is 20.3 Å². The molecular weight excluding hydrogens is 450 g/mol. The van der Waals surface area contributed by atoms with E-state index >= 15 is 0 Å². The van der Waals surface area contributed by atoms with Crippen LogP contribution in [0.15, 0.2) is 44.7 Å². The number of nitrogens with one attached hydrogen (secondary N) is 1. The number of ether oxygens (including phenoxy) is 1. The van der Waals surface area contributed by atoms with Gasteiger partial charge in [0.15, 0.2) is 0 Å². The molecule has 2 rings (SSSR count). The van der Waals surface area contributed by atoms with Crippen molar-refractivity contribution in [3.63, 3.8) is 0 Å². The predicted octanol–water partition coefficient (Wildman–Crippen LogP) is 3.59. The topological polar surface area (TPSA) is 78.8 Å². The van der Waals surface area contributed by atoms with E-state index in [9.17, 15) is 15.0 Å². The summed E-state index contributed by atoms with van der Waals surface area (Å²) in [6, 6.07) is 11.0. The van der Waals surface area contributed by atoms with E-state index in [4.69, 9.17) is 4.74 Å². The number of halogens is 2. The van der Waals surface area contributed by atoms with Crippen LogP contribution in [0, 0.1) is 0 Å². The Morgan fingerprint density at radius 2 is 1.96 bits per heavy atom. The molecule has 0 saturated carbocycles. The molecule has 124 valence electrons. The zero-order valence-corrected chi connectivity index (χ0v) is 15.9. The number of rotatable bonds is 6. The second kappa shape index (κ2) is 8.79. The van der Waals surface area contributed by atoms with Crippen LogP contribution >= 0.6 is 43.2 Å². The molecule has 3 N–H and O–H groups in total. The number of hydrogen-bond donors (Lipinski definition) is 3.